The first-order valence-electron chi connectivity index (χ1n) is 6.11. The molecule has 2 aromatic rings. The van der Waals surface area contributed by atoms with E-state index in [2.05, 4.69) is 31.4 Å². The van der Waals surface area contributed by atoms with Crippen LogP contribution in [0.5, 0.6) is 0 Å². The first-order valence-corrected chi connectivity index (χ1v) is 6.91. The summed E-state index contributed by atoms with van der Waals surface area (Å²) in [7, 11) is 1.84. The molecule has 20 heavy (non-hydrogen) atoms. The van der Waals surface area contributed by atoms with Crippen LogP contribution in [0.25, 0.3) is 0 Å². The van der Waals surface area contributed by atoms with Gasteiger partial charge in [-0.05, 0) is 19.1 Å². The highest BCUT2D eigenvalue weighted by Crippen LogP contribution is 2.25. The maximum Gasteiger partial charge on any atom is 0.146 e. The zero-order valence-corrected chi connectivity index (χ0v) is 12.9. The van der Waals surface area contributed by atoms with Gasteiger partial charge in [-0.3, -0.25) is 0 Å². The van der Waals surface area contributed by atoms with Crippen LogP contribution >= 0.6 is 15.9 Å². The number of aryl methyl sites for hydroxylation is 1. The number of benzene rings is 1. The maximum absolute atomic E-state index is 13.9. The SMILES string of the molecule is Cn1cnnc1CNC[C@](C)(O)c1ccc(Br)cc1F. The molecule has 2 rings (SSSR count). The summed E-state index contributed by atoms with van der Waals surface area (Å²) in [6, 6.07) is 4.62. The van der Waals surface area contributed by atoms with Gasteiger partial charge in [0.2, 0.25) is 0 Å². The van der Waals surface area contributed by atoms with Crippen LogP contribution in [0.15, 0.2) is 29.0 Å². The van der Waals surface area contributed by atoms with Crippen LogP contribution in [0.1, 0.15) is 18.3 Å². The van der Waals surface area contributed by atoms with E-state index < -0.39 is 11.4 Å². The molecular weight excluding hydrogens is 327 g/mol. The highest BCUT2D eigenvalue weighted by Gasteiger charge is 2.26. The molecule has 1 atom stereocenters. The molecular formula is C13H16BrFN4O. The van der Waals surface area contributed by atoms with Crippen molar-refractivity contribution >= 4 is 15.9 Å². The van der Waals surface area contributed by atoms with Crippen molar-refractivity contribution in [3.8, 4) is 0 Å². The van der Waals surface area contributed by atoms with Crippen LogP contribution in [-0.4, -0.2) is 26.4 Å². The number of hydrogen-bond acceptors (Lipinski definition) is 4. The molecule has 0 fully saturated rings. The number of nitrogens with zero attached hydrogens (tertiary/aromatic N) is 3. The Morgan fingerprint density at radius 2 is 2.25 bits per heavy atom. The molecule has 0 saturated heterocycles. The minimum Gasteiger partial charge on any atom is -0.384 e. The van der Waals surface area contributed by atoms with E-state index in [9.17, 15) is 9.50 Å². The van der Waals surface area contributed by atoms with Crippen molar-refractivity contribution in [1.82, 2.24) is 20.1 Å². The van der Waals surface area contributed by atoms with E-state index in [1.54, 1.807) is 30.0 Å². The fourth-order valence-electron chi connectivity index (χ4n) is 1.91. The summed E-state index contributed by atoms with van der Waals surface area (Å²) in [5.41, 5.74) is -1.05. The fourth-order valence-corrected chi connectivity index (χ4v) is 2.24. The molecule has 0 spiro atoms. The Bertz CT molecular complexity index is 600. The molecule has 108 valence electrons. The van der Waals surface area contributed by atoms with Gasteiger partial charge in [0.25, 0.3) is 0 Å². The normalized spacial score (nSPS) is 14.2. The summed E-state index contributed by atoms with van der Waals surface area (Å²) in [5.74, 6) is 0.307. The Morgan fingerprint density at radius 1 is 1.50 bits per heavy atom. The number of aromatic nitrogens is 3. The summed E-state index contributed by atoms with van der Waals surface area (Å²) in [6.07, 6.45) is 1.60. The largest absolute Gasteiger partial charge is 0.384 e. The Hall–Kier alpha value is -1.31. The number of rotatable bonds is 5. The van der Waals surface area contributed by atoms with Gasteiger partial charge in [-0.15, -0.1) is 10.2 Å². The van der Waals surface area contributed by atoms with Crippen molar-refractivity contribution in [3.05, 3.63) is 46.2 Å². The molecule has 0 bridgehead atoms. The first kappa shape index (κ1) is 15.1. The topological polar surface area (TPSA) is 63.0 Å². The summed E-state index contributed by atoms with van der Waals surface area (Å²) in [6.45, 7) is 2.23. The van der Waals surface area contributed by atoms with Crippen LogP contribution < -0.4 is 5.32 Å². The fraction of sp³-hybridized carbons (Fsp3) is 0.385. The van der Waals surface area contributed by atoms with Gasteiger partial charge in [-0.2, -0.15) is 0 Å². The molecule has 0 aliphatic heterocycles. The second-order valence-corrected chi connectivity index (χ2v) is 5.78. The molecule has 0 amide bonds. The molecule has 2 N–H and O–H groups in total. The monoisotopic (exact) mass is 342 g/mol. The van der Waals surface area contributed by atoms with Gasteiger partial charge < -0.3 is 15.0 Å². The van der Waals surface area contributed by atoms with Gasteiger partial charge in [-0.25, -0.2) is 4.39 Å². The van der Waals surface area contributed by atoms with Gasteiger partial charge in [0.15, 0.2) is 0 Å². The number of halogens is 2. The Kier molecular flexibility index (Phi) is 4.52. The molecule has 1 aromatic carbocycles. The molecule has 0 radical (unpaired) electrons. The van der Waals surface area contributed by atoms with Crippen LogP contribution in [0.3, 0.4) is 0 Å². The summed E-state index contributed by atoms with van der Waals surface area (Å²) >= 11 is 3.19. The lowest BCUT2D eigenvalue weighted by molar-refractivity contribution is 0.0527. The Labute approximate surface area is 125 Å². The summed E-state index contributed by atoms with van der Waals surface area (Å²) in [4.78, 5) is 0. The van der Waals surface area contributed by atoms with E-state index in [0.717, 1.165) is 5.82 Å². The van der Waals surface area contributed by atoms with Crippen LogP contribution in [-0.2, 0) is 19.2 Å². The van der Waals surface area contributed by atoms with E-state index in [4.69, 9.17) is 0 Å². The summed E-state index contributed by atoms with van der Waals surface area (Å²) < 4.78 is 16.3. The smallest absolute Gasteiger partial charge is 0.146 e. The second-order valence-electron chi connectivity index (χ2n) is 4.86. The lowest BCUT2D eigenvalue weighted by atomic mass is 9.95. The molecule has 1 aromatic heterocycles. The zero-order valence-electron chi connectivity index (χ0n) is 11.3. The third kappa shape index (κ3) is 3.41. The Balaban J connectivity index is 2.02. The van der Waals surface area contributed by atoms with Crippen molar-refractivity contribution in [3.63, 3.8) is 0 Å². The highest BCUT2D eigenvalue weighted by atomic mass is 79.9. The van der Waals surface area contributed by atoms with Gasteiger partial charge >= 0.3 is 0 Å². The summed E-state index contributed by atoms with van der Waals surface area (Å²) in [5, 5.41) is 21.1. The molecule has 7 heteroatoms. The third-order valence-electron chi connectivity index (χ3n) is 3.07. The number of hydrogen-bond donors (Lipinski definition) is 2. The van der Waals surface area contributed by atoms with E-state index >= 15 is 0 Å². The van der Waals surface area contributed by atoms with E-state index in [1.807, 2.05) is 7.05 Å². The average molecular weight is 343 g/mol. The highest BCUT2D eigenvalue weighted by molar-refractivity contribution is 9.10. The molecule has 5 nitrogen and oxygen atoms in total. The lowest BCUT2D eigenvalue weighted by Crippen LogP contribution is -2.36. The van der Waals surface area contributed by atoms with Crippen molar-refractivity contribution < 1.29 is 9.50 Å². The minimum absolute atomic E-state index is 0.207. The first-order chi connectivity index (χ1) is 9.40. The van der Waals surface area contributed by atoms with Crippen molar-refractivity contribution in [2.75, 3.05) is 6.54 Å². The lowest BCUT2D eigenvalue weighted by Gasteiger charge is -2.24. The standard InChI is InChI=1S/C13H16BrFN4O/c1-13(20,10-4-3-9(14)5-11(10)15)7-16-6-12-18-17-8-19(12)2/h3-5,8,16,20H,6-7H2,1-2H3/t13-/m0/s1. The predicted octanol–water partition coefficient (Wildman–Crippen LogP) is 1.71. The molecule has 0 unspecified atom stereocenters. The molecule has 0 aliphatic rings. The van der Waals surface area contributed by atoms with E-state index in [0.29, 0.717) is 11.0 Å². The minimum atomic E-state index is -1.30. The number of nitrogens with one attached hydrogen (secondary N) is 1. The Morgan fingerprint density at radius 3 is 2.85 bits per heavy atom. The zero-order chi connectivity index (χ0) is 14.8. The molecule has 1 heterocycles. The average Bonchev–Trinajstić information content (AvgIpc) is 2.74. The van der Waals surface area contributed by atoms with Crippen LogP contribution in [0.2, 0.25) is 0 Å². The predicted molar refractivity (Wildman–Crippen MR) is 76.4 cm³/mol. The maximum atomic E-state index is 13.9. The molecule has 0 saturated carbocycles. The molecule has 0 aliphatic carbocycles. The van der Waals surface area contributed by atoms with E-state index in [1.165, 1.54) is 6.07 Å². The van der Waals surface area contributed by atoms with Gasteiger partial charge in [-0.1, -0.05) is 22.0 Å². The van der Waals surface area contributed by atoms with Crippen molar-refractivity contribution in [2.24, 2.45) is 7.05 Å². The van der Waals surface area contributed by atoms with Gasteiger partial charge in [0.1, 0.15) is 23.6 Å². The van der Waals surface area contributed by atoms with Gasteiger partial charge in [0, 0.05) is 23.6 Å². The van der Waals surface area contributed by atoms with Gasteiger partial charge in [0.05, 0.1) is 6.54 Å². The van der Waals surface area contributed by atoms with Crippen LogP contribution in [0, 0.1) is 5.82 Å². The van der Waals surface area contributed by atoms with Crippen molar-refractivity contribution in [1.29, 1.82) is 0 Å². The van der Waals surface area contributed by atoms with Crippen molar-refractivity contribution in [2.45, 2.75) is 19.1 Å². The second kappa shape index (κ2) is 5.99. The van der Waals surface area contributed by atoms with E-state index in [-0.39, 0.29) is 12.1 Å². The third-order valence-corrected chi connectivity index (χ3v) is 3.56. The quantitative estimate of drug-likeness (QED) is 0.868. The number of aliphatic hydroxyl groups is 1. The van der Waals surface area contributed by atoms with Crippen LogP contribution in [0.4, 0.5) is 4.39 Å².